The molecule has 0 spiro atoms. The molecule has 2 rings (SSSR count). The highest BCUT2D eigenvalue weighted by molar-refractivity contribution is 9.10. The molecule has 0 radical (unpaired) electrons. The minimum Gasteiger partial charge on any atom is -0.457 e. The van der Waals surface area contributed by atoms with Gasteiger partial charge in [-0.3, -0.25) is 0 Å². The quantitative estimate of drug-likeness (QED) is 0.833. The molecule has 0 aromatic heterocycles. The van der Waals surface area contributed by atoms with Gasteiger partial charge in [-0.1, -0.05) is 0 Å². The van der Waals surface area contributed by atoms with E-state index < -0.39 is 0 Å². The lowest BCUT2D eigenvalue weighted by Crippen LogP contribution is -1.95. The molecule has 5 heteroatoms. The summed E-state index contributed by atoms with van der Waals surface area (Å²) in [5.41, 5.74) is 12.1. The van der Waals surface area contributed by atoms with Gasteiger partial charge in [0.25, 0.3) is 0 Å². The number of anilines is 2. The Morgan fingerprint density at radius 3 is 2.24 bits per heavy atom. The highest BCUT2D eigenvalue weighted by atomic mass is 79.9. The van der Waals surface area contributed by atoms with E-state index in [1.165, 1.54) is 6.07 Å². The van der Waals surface area contributed by atoms with Crippen molar-refractivity contribution in [2.75, 3.05) is 11.5 Å². The summed E-state index contributed by atoms with van der Waals surface area (Å²) in [5.74, 6) is 0.527. The number of halogens is 2. The summed E-state index contributed by atoms with van der Waals surface area (Å²) >= 11 is 3.07. The van der Waals surface area contributed by atoms with Crippen molar-refractivity contribution >= 4 is 27.3 Å². The lowest BCUT2D eigenvalue weighted by molar-refractivity contribution is 0.476. The molecule has 88 valence electrons. The SMILES string of the molecule is Nc1ccc(Oc2ccc(Br)c(F)c2)cc1N. The zero-order valence-corrected chi connectivity index (χ0v) is 10.4. The number of hydrogen-bond donors (Lipinski definition) is 2. The van der Waals surface area contributed by atoms with Crippen molar-refractivity contribution in [2.45, 2.75) is 0 Å². The summed E-state index contributed by atoms with van der Waals surface area (Å²) in [5, 5.41) is 0. The summed E-state index contributed by atoms with van der Waals surface area (Å²) in [4.78, 5) is 0. The number of nitrogens with two attached hydrogens (primary N) is 2. The standard InChI is InChI=1S/C12H10BrFN2O/c13-9-3-1-7(5-10(9)14)17-8-2-4-11(15)12(16)6-8/h1-6H,15-16H2. The van der Waals surface area contributed by atoms with Gasteiger partial charge in [0.15, 0.2) is 0 Å². The third-order valence-corrected chi connectivity index (χ3v) is 2.83. The first-order chi connectivity index (χ1) is 8.06. The van der Waals surface area contributed by atoms with E-state index in [1.807, 2.05) is 0 Å². The van der Waals surface area contributed by atoms with Crippen molar-refractivity contribution in [2.24, 2.45) is 0 Å². The van der Waals surface area contributed by atoms with Crippen LogP contribution >= 0.6 is 15.9 Å². The average molecular weight is 297 g/mol. The fourth-order valence-electron chi connectivity index (χ4n) is 1.29. The van der Waals surface area contributed by atoms with Gasteiger partial charge in [-0.25, -0.2) is 4.39 Å². The summed E-state index contributed by atoms with van der Waals surface area (Å²) in [7, 11) is 0. The van der Waals surface area contributed by atoms with Crippen LogP contribution in [0.15, 0.2) is 40.9 Å². The first-order valence-electron chi connectivity index (χ1n) is 4.84. The molecule has 0 aliphatic rings. The maximum atomic E-state index is 13.3. The molecule has 0 saturated heterocycles. The van der Waals surface area contributed by atoms with Crippen LogP contribution in [-0.2, 0) is 0 Å². The Balaban J connectivity index is 2.25. The van der Waals surface area contributed by atoms with Crippen LogP contribution in [0.3, 0.4) is 0 Å². The molecule has 0 saturated carbocycles. The van der Waals surface area contributed by atoms with Crippen LogP contribution < -0.4 is 16.2 Å². The van der Waals surface area contributed by atoms with Crippen LogP contribution in [0.5, 0.6) is 11.5 Å². The first kappa shape index (κ1) is 11.7. The van der Waals surface area contributed by atoms with Gasteiger partial charge < -0.3 is 16.2 Å². The molecule has 0 unspecified atom stereocenters. The van der Waals surface area contributed by atoms with Crippen LogP contribution in [0.4, 0.5) is 15.8 Å². The molecule has 0 amide bonds. The van der Waals surface area contributed by atoms with E-state index in [9.17, 15) is 4.39 Å². The minimum absolute atomic E-state index is 0.383. The minimum atomic E-state index is -0.383. The van der Waals surface area contributed by atoms with Gasteiger partial charge in [-0.15, -0.1) is 0 Å². The second-order valence-electron chi connectivity index (χ2n) is 3.47. The number of hydrogen-bond acceptors (Lipinski definition) is 3. The third-order valence-electron chi connectivity index (χ3n) is 2.19. The van der Waals surface area contributed by atoms with Crippen molar-refractivity contribution in [1.29, 1.82) is 0 Å². The molecule has 2 aromatic carbocycles. The molecule has 0 aliphatic heterocycles. The van der Waals surface area contributed by atoms with Crippen molar-refractivity contribution in [3.05, 3.63) is 46.7 Å². The van der Waals surface area contributed by atoms with E-state index in [0.717, 1.165) is 0 Å². The molecule has 0 aliphatic carbocycles. The molecular formula is C12H10BrFN2O. The van der Waals surface area contributed by atoms with Crippen molar-refractivity contribution in [3.8, 4) is 11.5 Å². The summed E-state index contributed by atoms with van der Waals surface area (Å²) < 4.78 is 19.1. The summed E-state index contributed by atoms with van der Waals surface area (Å²) in [6.45, 7) is 0. The van der Waals surface area contributed by atoms with E-state index in [-0.39, 0.29) is 5.82 Å². The second kappa shape index (κ2) is 4.63. The summed E-state index contributed by atoms with van der Waals surface area (Å²) in [6.07, 6.45) is 0. The smallest absolute Gasteiger partial charge is 0.141 e. The van der Waals surface area contributed by atoms with Gasteiger partial charge in [0.2, 0.25) is 0 Å². The van der Waals surface area contributed by atoms with Crippen LogP contribution in [0, 0.1) is 5.82 Å². The highest BCUT2D eigenvalue weighted by Gasteiger charge is 2.04. The zero-order chi connectivity index (χ0) is 12.4. The number of benzene rings is 2. The Hall–Kier alpha value is -1.75. The average Bonchev–Trinajstić information content (AvgIpc) is 2.29. The van der Waals surface area contributed by atoms with E-state index >= 15 is 0 Å². The number of rotatable bonds is 2. The highest BCUT2D eigenvalue weighted by Crippen LogP contribution is 2.28. The van der Waals surface area contributed by atoms with Crippen LogP contribution in [0.2, 0.25) is 0 Å². The Morgan fingerprint density at radius 2 is 1.59 bits per heavy atom. The Kier molecular flexibility index (Phi) is 3.19. The lowest BCUT2D eigenvalue weighted by Gasteiger charge is -2.08. The molecule has 0 fully saturated rings. The van der Waals surface area contributed by atoms with Crippen molar-refractivity contribution in [3.63, 3.8) is 0 Å². The van der Waals surface area contributed by atoms with Crippen molar-refractivity contribution in [1.82, 2.24) is 0 Å². The van der Waals surface area contributed by atoms with E-state index in [1.54, 1.807) is 30.3 Å². The van der Waals surface area contributed by atoms with Gasteiger partial charge in [0.1, 0.15) is 17.3 Å². The lowest BCUT2D eigenvalue weighted by atomic mass is 10.2. The van der Waals surface area contributed by atoms with E-state index in [2.05, 4.69) is 15.9 Å². The first-order valence-corrected chi connectivity index (χ1v) is 5.63. The van der Waals surface area contributed by atoms with Crippen LogP contribution in [0.1, 0.15) is 0 Å². The topological polar surface area (TPSA) is 61.3 Å². The zero-order valence-electron chi connectivity index (χ0n) is 8.78. The number of ether oxygens (including phenoxy) is 1. The molecule has 0 atom stereocenters. The van der Waals surface area contributed by atoms with Gasteiger partial charge in [-0.2, -0.15) is 0 Å². The predicted octanol–water partition coefficient (Wildman–Crippen LogP) is 3.54. The Morgan fingerprint density at radius 1 is 0.941 bits per heavy atom. The molecule has 0 heterocycles. The molecule has 17 heavy (non-hydrogen) atoms. The molecular weight excluding hydrogens is 287 g/mol. The predicted molar refractivity (Wildman–Crippen MR) is 69.4 cm³/mol. The van der Waals surface area contributed by atoms with E-state index in [0.29, 0.717) is 27.3 Å². The second-order valence-corrected chi connectivity index (χ2v) is 4.32. The normalized spacial score (nSPS) is 10.2. The fraction of sp³-hybridized carbons (Fsp3) is 0. The maximum Gasteiger partial charge on any atom is 0.141 e. The maximum absolute atomic E-state index is 13.3. The molecule has 4 N–H and O–H groups in total. The Labute approximate surface area is 106 Å². The Bertz CT molecular complexity index is 511. The van der Waals surface area contributed by atoms with E-state index in [4.69, 9.17) is 16.2 Å². The molecule has 3 nitrogen and oxygen atoms in total. The van der Waals surface area contributed by atoms with Crippen LogP contribution in [0.25, 0.3) is 0 Å². The van der Waals surface area contributed by atoms with Gasteiger partial charge in [0, 0.05) is 12.1 Å². The summed E-state index contributed by atoms with van der Waals surface area (Å²) in [6, 6.07) is 9.42. The van der Waals surface area contributed by atoms with Gasteiger partial charge >= 0.3 is 0 Å². The fourth-order valence-corrected chi connectivity index (χ4v) is 1.54. The molecule has 0 bridgehead atoms. The van der Waals surface area contributed by atoms with Crippen LogP contribution in [-0.4, -0.2) is 0 Å². The monoisotopic (exact) mass is 296 g/mol. The molecule has 2 aromatic rings. The van der Waals surface area contributed by atoms with Gasteiger partial charge in [-0.05, 0) is 40.2 Å². The van der Waals surface area contributed by atoms with Crippen molar-refractivity contribution < 1.29 is 9.13 Å². The third kappa shape index (κ3) is 2.68. The largest absolute Gasteiger partial charge is 0.457 e. The number of nitrogen functional groups attached to an aromatic ring is 2. The van der Waals surface area contributed by atoms with Gasteiger partial charge in [0.05, 0.1) is 15.8 Å².